The van der Waals surface area contributed by atoms with Gasteiger partial charge in [-0.3, -0.25) is 19.8 Å². The second kappa shape index (κ2) is 6.30. The maximum absolute atomic E-state index is 12.0. The van der Waals surface area contributed by atoms with Gasteiger partial charge in [-0.25, -0.2) is 0 Å². The van der Waals surface area contributed by atoms with E-state index in [1.807, 2.05) is 0 Å². The predicted octanol–water partition coefficient (Wildman–Crippen LogP) is 1.53. The first-order chi connectivity index (χ1) is 8.11. The molecule has 0 radical (unpaired) electrons. The largest absolute Gasteiger partial charge is 0.298 e. The van der Waals surface area contributed by atoms with Gasteiger partial charge in [-0.15, -0.1) is 6.58 Å². The van der Waals surface area contributed by atoms with Crippen molar-refractivity contribution >= 4 is 29.1 Å². The minimum atomic E-state index is -0.406. The number of nitrogens with zero attached hydrogens (tertiary/aromatic N) is 1. The van der Waals surface area contributed by atoms with Crippen molar-refractivity contribution < 1.29 is 9.59 Å². The molecule has 0 aromatic rings. The number of thiocarbonyl (C=S) groups is 1. The molecule has 1 fully saturated rings. The zero-order valence-corrected chi connectivity index (χ0v) is 10.7. The van der Waals surface area contributed by atoms with Crippen LogP contribution in [0.25, 0.3) is 0 Å². The van der Waals surface area contributed by atoms with Crippen LogP contribution in [0.15, 0.2) is 24.3 Å². The van der Waals surface area contributed by atoms with Crippen LogP contribution < -0.4 is 5.32 Å². The first-order valence-corrected chi connectivity index (χ1v) is 6.00. The van der Waals surface area contributed by atoms with Gasteiger partial charge in [-0.1, -0.05) is 31.9 Å². The van der Waals surface area contributed by atoms with Gasteiger partial charge in [0, 0.05) is 6.54 Å². The average Bonchev–Trinajstić information content (AvgIpc) is 2.29. The van der Waals surface area contributed by atoms with Crippen LogP contribution in [-0.4, -0.2) is 28.4 Å². The fourth-order valence-corrected chi connectivity index (χ4v) is 1.74. The van der Waals surface area contributed by atoms with Crippen molar-refractivity contribution in [3.8, 4) is 0 Å². The van der Waals surface area contributed by atoms with Crippen molar-refractivity contribution in [2.45, 2.75) is 26.2 Å². The Labute approximate surface area is 106 Å². The molecule has 1 aliphatic rings. The first-order valence-electron chi connectivity index (χ1n) is 5.60. The molecule has 1 heterocycles. The summed E-state index contributed by atoms with van der Waals surface area (Å²) in [6.07, 6.45) is 5.95. The average molecular weight is 252 g/mol. The lowest BCUT2D eigenvalue weighted by molar-refractivity contribution is -0.128. The lowest BCUT2D eigenvalue weighted by atomic mass is 10.1. The number of carbonyl (C=O) groups excluding carboxylic acids is 2. The lowest BCUT2D eigenvalue weighted by Crippen LogP contribution is -2.53. The number of unbranched alkanes of at least 4 members (excludes halogenated alkanes) is 2. The Balaban J connectivity index is 2.86. The van der Waals surface area contributed by atoms with E-state index >= 15 is 0 Å². The van der Waals surface area contributed by atoms with E-state index in [9.17, 15) is 9.59 Å². The highest BCUT2D eigenvalue weighted by atomic mass is 32.1. The predicted molar refractivity (Wildman–Crippen MR) is 70.3 cm³/mol. The summed E-state index contributed by atoms with van der Waals surface area (Å²) < 4.78 is 0. The number of hydrogen-bond donors (Lipinski definition) is 1. The monoisotopic (exact) mass is 252 g/mol. The van der Waals surface area contributed by atoms with Gasteiger partial charge in [-0.2, -0.15) is 0 Å². The number of nitrogens with one attached hydrogen (secondary N) is 1. The molecule has 4 nitrogen and oxygen atoms in total. The van der Waals surface area contributed by atoms with Gasteiger partial charge in [0.05, 0.1) is 0 Å². The van der Waals surface area contributed by atoms with Crippen LogP contribution in [0.1, 0.15) is 26.2 Å². The molecule has 0 aromatic carbocycles. The second-order valence-corrected chi connectivity index (χ2v) is 4.11. The molecule has 92 valence electrons. The molecular weight excluding hydrogens is 236 g/mol. The summed E-state index contributed by atoms with van der Waals surface area (Å²) in [5.41, 5.74) is 0.175. The quantitative estimate of drug-likeness (QED) is 0.265. The van der Waals surface area contributed by atoms with E-state index in [0.29, 0.717) is 6.54 Å². The minimum Gasteiger partial charge on any atom is -0.298 e. The van der Waals surface area contributed by atoms with Crippen molar-refractivity contribution in [2.24, 2.45) is 0 Å². The summed E-state index contributed by atoms with van der Waals surface area (Å²) in [5.74, 6) is -0.744. The number of carbonyl (C=O) groups is 2. The zero-order chi connectivity index (χ0) is 12.8. The molecule has 1 saturated heterocycles. The van der Waals surface area contributed by atoms with Gasteiger partial charge in [0.1, 0.15) is 5.57 Å². The molecule has 0 aliphatic carbocycles. The fourth-order valence-electron chi connectivity index (χ4n) is 1.49. The Morgan fingerprint density at radius 3 is 2.76 bits per heavy atom. The molecule has 17 heavy (non-hydrogen) atoms. The van der Waals surface area contributed by atoms with E-state index in [2.05, 4.69) is 18.8 Å². The van der Waals surface area contributed by atoms with E-state index in [1.165, 1.54) is 4.90 Å². The van der Waals surface area contributed by atoms with E-state index in [4.69, 9.17) is 12.2 Å². The van der Waals surface area contributed by atoms with Crippen molar-refractivity contribution in [1.82, 2.24) is 10.2 Å². The molecule has 0 atom stereocenters. The Morgan fingerprint density at radius 2 is 2.18 bits per heavy atom. The normalized spacial score (nSPS) is 18.5. The maximum Gasteiger partial charge on any atom is 0.265 e. The van der Waals surface area contributed by atoms with Crippen molar-refractivity contribution in [3.05, 3.63) is 24.3 Å². The minimum absolute atomic E-state index is 0.146. The van der Waals surface area contributed by atoms with Gasteiger partial charge in [0.15, 0.2) is 5.11 Å². The summed E-state index contributed by atoms with van der Waals surface area (Å²) in [4.78, 5) is 24.9. The molecule has 0 saturated carbocycles. The molecular formula is C12H16N2O2S. The van der Waals surface area contributed by atoms with Gasteiger partial charge >= 0.3 is 0 Å². The Bertz CT molecular complexity index is 388. The third kappa shape index (κ3) is 3.23. The number of rotatable bonds is 5. The van der Waals surface area contributed by atoms with Gasteiger partial charge in [-0.05, 0) is 18.6 Å². The Morgan fingerprint density at radius 1 is 1.47 bits per heavy atom. The number of amides is 2. The highest BCUT2D eigenvalue weighted by molar-refractivity contribution is 7.80. The summed E-state index contributed by atoms with van der Waals surface area (Å²) in [5, 5.41) is 2.65. The van der Waals surface area contributed by atoms with Crippen LogP contribution >= 0.6 is 12.2 Å². The van der Waals surface area contributed by atoms with E-state index in [1.54, 1.807) is 12.2 Å². The molecule has 1 N–H and O–H groups in total. The highest BCUT2D eigenvalue weighted by Crippen LogP contribution is 2.11. The molecule has 5 heteroatoms. The van der Waals surface area contributed by atoms with E-state index < -0.39 is 5.91 Å². The van der Waals surface area contributed by atoms with Crippen LogP contribution in [0.3, 0.4) is 0 Å². The van der Waals surface area contributed by atoms with Crippen LogP contribution in [0.2, 0.25) is 0 Å². The van der Waals surface area contributed by atoms with Crippen molar-refractivity contribution in [2.75, 3.05) is 6.54 Å². The summed E-state index contributed by atoms with van der Waals surface area (Å²) in [6, 6.07) is 0. The number of allylic oxidation sites excluding steroid dienone is 1. The maximum atomic E-state index is 12.0. The second-order valence-electron chi connectivity index (χ2n) is 3.72. The van der Waals surface area contributed by atoms with E-state index in [0.717, 1.165) is 19.3 Å². The van der Waals surface area contributed by atoms with Crippen molar-refractivity contribution in [3.63, 3.8) is 0 Å². The molecule has 1 aliphatic heterocycles. The first kappa shape index (κ1) is 13.6. The summed E-state index contributed by atoms with van der Waals surface area (Å²) in [7, 11) is 0. The Hall–Kier alpha value is -1.49. The van der Waals surface area contributed by atoms with Crippen LogP contribution in [-0.2, 0) is 9.59 Å². The number of hydrogen-bond acceptors (Lipinski definition) is 3. The highest BCUT2D eigenvalue weighted by Gasteiger charge is 2.32. The zero-order valence-electron chi connectivity index (χ0n) is 9.86. The van der Waals surface area contributed by atoms with Crippen LogP contribution in [0.4, 0.5) is 0 Å². The molecule has 0 aromatic heterocycles. The molecule has 0 bridgehead atoms. The molecule has 0 unspecified atom stereocenters. The Kier molecular flexibility index (Phi) is 5.03. The SMILES string of the molecule is C=CCN1C(=O)/C(=C/CCCC)C(=O)NC1=S. The topological polar surface area (TPSA) is 49.4 Å². The van der Waals surface area contributed by atoms with E-state index in [-0.39, 0.29) is 16.6 Å². The van der Waals surface area contributed by atoms with Crippen LogP contribution in [0, 0.1) is 0 Å². The van der Waals surface area contributed by atoms with Gasteiger partial charge in [0.2, 0.25) is 0 Å². The molecule has 2 amide bonds. The summed E-state index contributed by atoms with van der Waals surface area (Å²) >= 11 is 4.93. The third-order valence-electron chi connectivity index (χ3n) is 2.40. The molecule has 1 rings (SSSR count). The van der Waals surface area contributed by atoms with Crippen LogP contribution in [0.5, 0.6) is 0 Å². The fraction of sp³-hybridized carbons (Fsp3) is 0.417. The standard InChI is InChI=1S/C12H16N2O2S/c1-3-5-6-7-9-10(15)13-12(17)14(8-4-2)11(9)16/h4,7H,2-3,5-6,8H2,1H3,(H,13,15,17)/b9-7+. The van der Waals surface area contributed by atoms with Gasteiger partial charge in [0.25, 0.3) is 11.8 Å². The van der Waals surface area contributed by atoms with Gasteiger partial charge < -0.3 is 0 Å². The summed E-state index contributed by atoms with van der Waals surface area (Å²) in [6.45, 7) is 5.92. The third-order valence-corrected chi connectivity index (χ3v) is 2.73. The molecule has 0 spiro atoms. The smallest absolute Gasteiger partial charge is 0.265 e. The van der Waals surface area contributed by atoms with Crippen molar-refractivity contribution in [1.29, 1.82) is 0 Å². The lowest BCUT2D eigenvalue weighted by Gasteiger charge is -2.27.